The highest BCUT2D eigenvalue weighted by Crippen LogP contribution is 2.20. The van der Waals surface area contributed by atoms with Gasteiger partial charge in [-0.3, -0.25) is 4.68 Å². The van der Waals surface area contributed by atoms with Crippen LogP contribution in [0.1, 0.15) is 17.3 Å². The SMILES string of the molecule is Cn1nccc1C(N)Cc1ccc2ccccc2c1. The average molecular weight is 251 g/mol. The van der Waals surface area contributed by atoms with E-state index in [1.807, 2.05) is 17.8 Å². The van der Waals surface area contributed by atoms with Crippen molar-refractivity contribution in [2.24, 2.45) is 12.8 Å². The molecule has 3 aromatic rings. The molecular weight excluding hydrogens is 234 g/mol. The lowest BCUT2D eigenvalue weighted by Crippen LogP contribution is -2.17. The maximum absolute atomic E-state index is 6.26. The number of aryl methyl sites for hydroxylation is 1. The Morgan fingerprint density at radius 1 is 1.11 bits per heavy atom. The summed E-state index contributed by atoms with van der Waals surface area (Å²) in [6.45, 7) is 0. The van der Waals surface area contributed by atoms with Crippen LogP contribution in [0.3, 0.4) is 0 Å². The van der Waals surface area contributed by atoms with Gasteiger partial charge in [-0.2, -0.15) is 5.10 Å². The van der Waals surface area contributed by atoms with Crippen LogP contribution < -0.4 is 5.73 Å². The fraction of sp³-hybridized carbons (Fsp3) is 0.188. The standard InChI is InChI=1S/C16H17N3/c1-19-16(8-9-18-19)15(17)11-12-6-7-13-4-2-3-5-14(13)10-12/h2-10,15H,11,17H2,1H3. The molecule has 3 rings (SSSR count). The van der Waals surface area contributed by atoms with Crippen LogP contribution in [0.5, 0.6) is 0 Å². The van der Waals surface area contributed by atoms with Crippen molar-refractivity contribution in [2.75, 3.05) is 0 Å². The fourth-order valence-corrected chi connectivity index (χ4v) is 2.47. The molecule has 1 aromatic heterocycles. The third-order valence-corrected chi connectivity index (χ3v) is 3.51. The van der Waals surface area contributed by atoms with Crippen LogP contribution in [0, 0.1) is 0 Å². The molecule has 0 saturated carbocycles. The number of hydrogen-bond acceptors (Lipinski definition) is 2. The van der Waals surface area contributed by atoms with Crippen molar-refractivity contribution in [3.63, 3.8) is 0 Å². The molecule has 0 bridgehead atoms. The van der Waals surface area contributed by atoms with Gasteiger partial charge in [0.05, 0.1) is 11.7 Å². The highest BCUT2D eigenvalue weighted by Gasteiger charge is 2.10. The first-order valence-corrected chi connectivity index (χ1v) is 6.45. The molecule has 0 amide bonds. The van der Waals surface area contributed by atoms with E-state index in [1.165, 1.54) is 16.3 Å². The van der Waals surface area contributed by atoms with Gasteiger partial charge < -0.3 is 5.73 Å². The minimum Gasteiger partial charge on any atom is -0.322 e. The average Bonchev–Trinajstić information content (AvgIpc) is 2.85. The smallest absolute Gasteiger partial charge is 0.0551 e. The molecule has 0 fully saturated rings. The highest BCUT2D eigenvalue weighted by atomic mass is 15.3. The van der Waals surface area contributed by atoms with Gasteiger partial charge in [-0.1, -0.05) is 42.5 Å². The summed E-state index contributed by atoms with van der Waals surface area (Å²) in [6, 6.07) is 16.9. The van der Waals surface area contributed by atoms with E-state index in [2.05, 4.69) is 47.6 Å². The summed E-state index contributed by atoms with van der Waals surface area (Å²) in [5.41, 5.74) is 8.58. The third kappa shape index (κ3) is 2.37. The first-order valence-electron chi connectivity index (χ1n) is 6.45. The minimum atomic E-state index is -0.0198. The molecule has 1 unspecified atom stereocenters. The van der Waals surface area contributed by atoms with Crippen LogP contribution in [0.15, 0.2) is 54.7 Å². The topological polar surface area (TPSA) is 43.8 Å². The molecule has 96 valence electrons. The third-order valence-electron chi connectivity index (χ3n) is 3.51. The highest BCUT2D eigenvalue weighted by molar-refractivity contribution is 5.82. The summed E-state index contributed by atoms with van der Waals surface area (Å²) in [7, 11) is 1.93. The number of hydrogen-bond donors (Lipinski definition) is 1. The summed E-state index contributed by atoms with van der Waals surface area (Å²) in [4.78, 5) is 0. The molecule has 0 aliphatic carbocycles. The van der Waals surface area contributed by atoms with Crippen LogP contribution in [-0.4, -0.2) is 9.78 Å². The molecule has 0 aliphatic heterocycles. The lowest BCUT2D eigenvalue weighted by Gasteiger charge is -2.12. The Kier molecular flexibility index (Phi) is 3.05. The van der Waals surface area contributed by atoms with Gasteiger partial charge in [0.15, 0.2) is 0 Å². The molecule has 0 saturated heterocycles. The zero-order valence-electron chi connectivity index (χ0n) is 11.0. The van der Waals surface area contributed by atoms with E-state index in [0.29, 0.717) is 0 Å². The van der Waals surface area contributed by atoms with Crippen molar-refractivity contribution >= 4 is 10.8 Å². The molecule has 2 aromatic carbocycles. The van der Waals surface area contributed by atoms with E-state index in [0.717, 1.165) is 12.1 Å². The molecule has 0 radical (unpaired) electrons. The molecule has 3 nitrogen and oxygen atoms in total. The van der Waals surface area contributed by atoms with Gasteiger partial charge >= 0.3 is 0 Å². The predicted octanol–water partition coefficient (Wildman–Crippen LogP) is 2.82. The summed E-state index contributed by atoms with van der Waals surface area (Å²) in [5, 5.41) is 6.69. The van der Waals surface area contributed by atoms with Crippen molar-refractivity contribution in [2.45, 2.75) is 12.5 Å². The number of nitrogens with zero attached hydrogens (tertiary/aromatic N) is 2. The Morgan fingerprint density at radius 2 is 1.89 bits per heavy atom. The Hall–Kier alpha value is -2.13. The van der Waals surface area contributed by atoms with E-state index in [9.17, 15) is 0 Å². The van der Waals surface area contributed by atoms with Crippen LogP contribution in [0.4, 0.5) is 0 Å². The van der Waals surface area contributed by atoms with Crippen LogP contribution in [-0.2, 0) is 13.5 Å². The number of aromatic nitrogens is 2. The van der Waals surface area contributed by atoms with Gasteiger partial charge in [-0.05, 0) is 28.8 Å². The second-order valence-corrected chi connectivity index (χ2v) is 4.87. The summed E-state index contributed by atoms with van der Waals surface area (Å²) >= 11 is 0. The summed E-state index contributed by atoms with van der Waals surface area (Å²) in [6.07, 6.45) is 2.61. The second kappa shape index (κ2) is 4.86. The first-order chi connectivity index (χ1) is 9.24. The zero-order valence-corrected chi connectivity index (χ0v) is 11.0. The number of fused-ring (bicyclic) bond motifs is 1. The van der Waals surface area contributed by atoms with Gasteiger partial charge in [0.25, 0.3) is 0 Å². The van der Waals surface area contributed by atoms with Crippen LogP contribution in [0.25, 0.3) is 10.8 Å². The van der Waals surface area contributed by atoms with E-state index in [4.69, 9.17) is 5.73 Å². The summed E-state index contributed by atoms with van der Waals surface area (Å²) < 4.78 is 1.84. The quantitative estimate of drug-likeness (QED) is 0.778. The minimum absolute atomic E-state index is 0.0198. The predicted molar refractivity (Wildman–Crippen MR) is 77.8 cm³/mol. The van der Waals surface area contributed by atoms with Crippen molar-refractivity contribution in [1.82, 2.24) is 9.78 Å². The summed E-state index contributed by atoms with van der Waals surface area (Å²) in [5.74, 6) is 0. The van der Waals surface area contributed by atoms with Gasteiger partial charge in [0.1, 0.15) is 0 Å². The molecule has 19 heavy (non-hydrogen) atoms. The molecule has 2 N–H and O–H groups in total. The first kappa shape index (κ1) is 11.9. The van der Waals surface area contributed by atoms with Gasteiger partial charge in [-0.25, -0.2) is 0 Å². The fourth-order valence-electron chi connectivity index (χ4n) is 2.47. The van der Waals surface area contributed by atoms with Crippen molar-refractivity contribution in [1.29, 1.82) is 0 Å². The van der Waals surface area contributed by atoms with E-state index >= 15 is 0 Å². The van der Waals surface area contributed by atoms with Gasteiger partial charge in [-0.15, -0.1) is 0 Å². The molecule has 0 aliphatic rings. The van der Waals surface area contributed by atoms with Crippen LogP contribution in [0.2, 0.25) is 0 Å². The molecule has 1 atom stereocenters. The Morgan fingerprint density at radius 3 is 2.63 bits per heavy atom. The van der Waals surface area contributed by atoms with E-state index in [-0.39, 0.29) is 6.04 Å². The van der Waals surface area contributed by atoms with Crippen LogP contribution >= 0.6 is 0 Å². The molecule has 1 heterocycles. The lowest BCUT2D eigenvalue weighted by molar-refractivity contribution is 0.617. The van der Waals surface area contributed by atoms with Gasteiger partial charge in [0.2, 0.25) is 0 Å². The number of benzene rings is 2. The van der Waals surface area contributed by atoms with Gasteiger partial charge in [0, 0.05) is 13.2 Å². The van der Waals surface area contributed by atoms with Crippen molar-refractivity contribution in [3.8, 4) is 0 Å². The normalized spacial score (nSPS) is 12.7. The Labute approximate surface area is 112 Å². The zero-order chi connectivity index (χ0) is 13.2. The van der Waals surface area contributed by atoms with E-state index < -0.39 is 0 Å². The number of rotatable bonds is 3. The van der Waals surface area contributed by atoms with Crippen molar-refractivity contribution < 1.29 is 0 Å². The number of nitrogens with two attached hydrogens (primary N) is 1. The largest absolute Gasteiger partial charge is 0.322 e. The lowest BCUT2D eigenvalue weighted by atomic mass is 10.0. The van der Waals surface area contributed by atoms with Crippen molar-refractivity contribution in [3.05, 3.63) is 66.0 Å². The maximum Gasteiger partial charge on any atom is 0.0551 e. The second-order valence-electron chi connectivity index (χ2n) is 4.87. The Balaban J connectivity index is 1.87. The monoisotopic (exact) mass is 251 g/mol. The molecule has 0 spiro atoms. The van der Waals surface area contributed by atoms with E-state index in [1.54, 1.807) is 6.20 Å². The molecule has 3 heteroatoms. The maximum atomic E-state index is 6.26. The Bertz CT molecular complexity index is 700. The molecular formula is C16H17N3.